The Morgan fingerprint density at radius 1 is 1.25 bits per heavy atom. The molecule has 2 aromatic rings. The Morgan fingerprint density at radius 3 is 2.90 bits per heavy atom. The molecule has 1 aromatic carbocycles. The van der Waals surface area contributed by atoms with Gasteiger partial charge in [0.15, 0.2) is 0 Å². The molecule has 1 N–H and O–H groups in total. The van der Waals surface area contributed by atoms with Crippen molar-refractivity contribution in [3.05, 3.63) is 52.7 Å². The van der Waals surface area contributed by atoms with Crippen LogP contribution < -0.4 is 5.32 Å². The molecule has 1 aliphatic heterocycles. The maximum absolute atomic E-state index is 13.7. The topological polar surface area (TPSA) is 37.8 Å². The number of hydrogen-bond acceptors (Lipinski definition) is 4. The maximum atomic E-state index is 13.7. The van der Waals surface area contributed by atoms with E-state index in [1.54, 1.807) is 12.1 Å². The van der Waals surface area contributed by atoms with Crippen molar-refractivity contribution >= 4 is 17.6 Å². The van der Waals surface area contributed by atoms with Crippen LogP contribution >= 0.6 is 11.8 Å². The fourth-order valence-electron chi connectivity index (χ4n) is 2.31. The number of fused-ring (bicyclic) bond motifs is 1. The second kappa shape index (κ2) is 5.79. The predicted octanol–water partition coefficient (Wildman–Crippen LogP) is 3.39. The van der Waals surface area contributed by atoms with Crippen LogP contribution in [0.3, 0.4) is 0 Å². The Bertz CT molecular complexity index is 631. The quantitative estimate of drug-likeness (QED) is 0.936. The molecule has 3 nitrogen and oxygen atoms in total. The van der Waals surface area contributed by atoms with Gasteiger partial charge in [0.1, 0.15) is 17.5 Å². The number of thioether (sulfide) groups is 1. The fraction of sp³-hybridized carbons (Fsp3) is 0.333. The summed E-state index contributed by atoms with van der Waals surface area (Å²) >= 11 is 1.84. The van der Waals surface area contributed by atoms with Crippen LogP contribution in [0.5, 0.6) is 0 Å². The van der Waals surface area contributed by atoms with E-state index < -0.39 is 0 Å². The van der Waals surface area contributed by atoms with Gasteiger partial charge < -0.3 is 5.32 Å². The summed E-state index contributed by atoms with van der Waals surface area (Å²) in [5.74, 6) is 3.27. The Morgan fingerprint density at radius 2 is 2.10 bits per heavy atom. The largest absolute Gasteiger partial charge is 0.370 e. The summed E-state index contributed by atoms with van der Waals surface area (Å²) in [5.41, 5.74) is 2.93. The van der Waals surface area contributed by atoms with E-state index >= 15 is 0 Å². The lowest BCUT2D eigenvalue weighted by atomic mass is 10.1. The summed E-state index contributed by atoms with van der Waals surface area (Å²) < 4.78 is 13.7. The molecule has 0 amide bonds. The predicted molar refractivity (Wildman–Crippen MR) is 80.4 cm³/mol. The van der Waals surface area contributed by atoms with E-state index in [2.05, 4.69) is 15.3 Å². The normalized spacial score (nSPS) is 13.3. The maximum Gasteiger partial charge on any atom is 0.135 e. The molecule has 1 aliphatic rings. The van der Waals surface area contributed by atoms with Gasteiger partial charge >= 0.3 is 0 Å². The number of aromatic nitrogens is 2. The lowest BCUT2D eigenvalue weighted by Crippen LogP contribution is -2.09. The van der Waals surface area contributed by atoms with Crippen LogP contribution in [0.15, 0.2) is 24.3 Å². The highest BCUT2D eigenvalue weighted by atomic mass is 32.2. The molecule has 0 atom stereocenters. The van der Waals surface area contributed by atoms with Crippen molar-refractivity contribution in [3.63, 3.8) is 0 Å². The molecule has 104 valence electrons. The van der Waals surface area contributed by atoms with Gasteiger partial charge in [0.05, 0.1) is 5.69 Å². The first-order valence-electron chi connectivity index (χ1n) is 6.71. The van der Waals surface area contributed by atoms with Crippen LogP contribution in [0, 0.1) is 5.82 Å². The van der Waals surface area contributed by atoms with Crippen molar-refractivity contribution < 1.29 is 4.39 Å². The molecule has 0 spiro atoms. The van der Waals surface area contributed by atoms with E-state index in [-0.39, 0.29) is 5.82 Å². The molecular weight excluding hydrogens is 273 g/mol. The van der Waals surface area contributed by atoms with Crippen molar-refractivity contribution in [2.24, 2.45) is 0 Å². The number of nitrogens with one attached hydrogen (secondary N) is 1. The third-order valence-electron chi connectivity index (χ3n) is 3.27. The third kappa shape index (κ3) is 2.63. The zero-order valence-corrected chi connectivity index (χ0v) is 12.1. The SMILES string of the molecule is CCNc1nc(Cc2ccccc2F)nc2c1CSC2. The van der Waals surface area contributed by atoms with Crippen LogP contribution in [0.25, 0.3) is 0 Å². The summed E-state index contributed by atoms with van der Waals surface area (Å²) in [7, 11) is 0. The minimum atomic E-state index is -0.198. The number of halogens is 1. The average molecular weight is 289 g/mol. The minimum Gasteiger partial charge on any atom is -0.370 e. The smallest absolute Gasteiger partial charge is 0.135 e. The van der Waals surface area contributed by atoms with Crippen LogP contribution in [-0.4, -0.2) is 16.5 Å². The van der Waals surface area contributed by atoms with Crippen LogP contribution in [0.2, 0.25) is 0 Å². The van der Waals surface area contributed by atoms with Gasteiger partial charge in [-0.2, -0.15) is 11.8 Å². The van der Waals surface area contributed by atoms with Gasteiger partial charge in [0.25, 0.3) is 0 Å². The lowest BCUT2D eigenvalue weighted by Gasteiger charge is -2.10. The summed E-state index contributed by atoms with van der Waals surface area (Å²) in [6, 6.07) is 6.80. The first-order valence-corrected chi connectivity index (χ1v) is 7.87. The molecule has 0 radical (unpaired) electrons. The molecule has 0 fully saturated rings. The highest BCUT2D eigenvalue weighted by molar-refractivity contribution is 7.98. The van der Waals surface area contributed by atoms with Crippen LogP contribution in [-0.2, 0) is 17.9 Å². The van der Waals surface area contributed by atoms with Gasteiger partial charge in [-0.3, -0.25) is 0 Å². The molecule has 20 heavy (non-hydrogen) atoms. The van der Waals surface area contributed by atoms with Gasteiger partial charge in [-0.1, -0.05) is 18.2 Å². The molecular formula is C15H16FN3S. The molecule has 0 saturated heterocycles. The van der Waals surface area contributed by atoms with Gasteiger partial charge in [-0.25, -0.2) is 14.4 Å². The minimum absolute atomic E-state index is 0.198. The van der Waals surface area contributed by atoms with E-state index in [1.165, 1.54) is 11.6 Å². The van der Waals surface area contributed by atoms with Crippen molar-refractivity contribution in [1.29, 1.82) is 0 Å². The first-order chi connectivity index (χ1) is 9.78. The fourth-order valence-corrected chi connectivity index (χ4v) is 3.35. The lowest BCUT2D eigenvalue weighted by molar-refractivity contribution is 0.612. The first kappa shape index (κ1) is 13.4. The second-order valence-electron chi connectivity index (χ2n) is 4.71. The highest BCUT2D eigenvalue weighted by Gasteiger charge is 2.19. The molecule has 0 saturated carbocycles. The van der Waals surface area contributed by atoms with Crippen molar-refractivity contribution in [1.82, 2.24) is 9.97 Å². The molecule has 0 unspecified atom stereocenters. The zero-order chi connectivity index (χ0) is 13.9. The number of nitrogens with zero attached hydrogens (tertiary/aromatic N) is 2. The number of rotatable bonds is 4. The van der Waals surface area contributed by atoms with Crippen molar-refractivity contribution in [3.8, 4) is 0 Å². The van der Waals surface area contributed by atoms with Crippen LogP contribution in [0.1, 0.15) is 29.6 Å². The Kier molecular flexibility index (Phi) is 3.87. The summed E-state index contributed by atoms with van der Waals surface area (Å²) in [4.78, 5) is 9.16. The molecule has 1 aromatic heterocycles. The van der Waals surface area contributed by atoms with E-state index in [0.717, 1.165) is 29.6 Å². The molecule has 0 aliphatic carbocycles. The molecule has 5 heteroatoms. The highest BCUT2D eigenvalue weighted by Crippen LogP contribution is 2.33. The monoisotopic (exact) mass is 289 g/mol. The number of benzene rings is 1. The van der Waals surface area contributed by atoms with Crippen molar-refractivity contribution in [2.75, 3.05) is 11.9 Å². The summed E-state index contributed by atoms with van der Waals surface area (Å²) in [6.07, 6.45) is 0.434. The molecule has 2 heterocycles. The Hall–Kier alpha value is -1.62. The number of anilines is 1. The van der Waals surface area contributed by atoms with E-state index in [9.17, 15) is 4.39 Å². The van der Waals surface area contributed by atoms with E-state index in [1.807, 2.05) is 24.8 Å². The Labute approximate surface area is 122 Å². The number of hydrogen-bond donors (Lipinski definition) is 1. The van der Waals surface area contributed by atoms with Gasteiger partial charge in [0, 0.05) is 30.0 Å². The zero-order valence-electron chi connectivity index (χ0n) is 11.3. The van der Waals surface area contributed by atoms with Gasteiger partial charge in [0.2, 0.25) is 0 Å². The standard InChI is InChI=1S/C15H16FN3S/c1-2-17-15-11-8-20-9-13(11)18-14(19-15)7-10-5-3-4-6-12(10)16/h3-6H,2,7-9H2,1H3,(H,17,18,19). The molecule has 0 bridgehead atoms. The van der Waals surface area contributed by atoms with E-state index in [4.69, 9.17) is 0 Å². The summed E-state index contributed by atoms with van der Waals surface area (Å²) in [6.45, 7) is 2.88. The Balaban J connectivity index is 1.94. The second-order valence-corrected chi connectivity index (χ2v) is 5.69. The van der Waals surface area contributed by atoms with Crippen LogP contribution in [0.4, 0.5) is 10.2 Å². The van der Waals surface area contributed by atoms with Gasteiger partial charge in [-0.05, 0) is 18.6 Å². The third-order valence-corrected chi connectivity index (χ3v) is 4.25. The van der Waals surface area contributed by atoms with Gasteiger partial charge in [-0.15, -0.1) is 0 Å². The average Bonchev–Trinajstić information content (AvgIpc) is 2.90. The van der Waals surface area contributed by atoms with E-state index in [0.29, 0.717) is 17.8 Å². The summed E-state index contributed by atoms with van der Waals surface area (Å²) in [5, 5.41) is 3.29. The van der Waals surface area contributed by atoms with Crippen molar-refractivity contribution in [2.45, 2.75) is 24.9 Å². The molecule has 3 rings (SSSR count).